The molecule has 0 saturated heterocycles. The molecule has 0 unspecified atom stereocenters. The summed E-state index contributed by atoms with van der Waals surface area (Å²) in [7, 11) is 1.43. The molecule has 0 aliphatic rings. The first-order chi connectivity index (χ1) is 10.6. The van der Waals surface area contributed by atoms with Gasteiger partial charge in [0.1, 0.15) is 0 Å². The summed E-state index contributed by atoms with van der Waals surface area (Å²) in [5, 5.41) is 0.395. The molecular formula is C16H14FNO2S2. The molecule has 3 aromatic rings. The van der Waals surface area contributed by atoms with Crippen LogP contribution in [0.4, 0.5) is 4.39 Å². The van der Waals surface area contributed by atoms with Crippen molar-refractivity contribution >= 4 is 39.9 Å². The predicted octanol–water partition coefficient (Wildman–Crippen LogP) is 4.57. The Balaban J connectivity index is 2.16. The van der Waals surface area contributed by atoms with Gasteiger partial charge in [-0.2, -0.15) is 0 Å². The maximum atomic E-state index is 14.3. The van der Waals surface area contributed by atoms with E-state index in [1.165, 1.54) is 18.4 Å². The van der Waals surface area contributed by atoms with Gasteiger partial charge in [0.15, 0.2) is 11.6 Å². The number of rotatable bonds is 3. The van der Waals surface area contributed by atoms with Crippen molar-refractivity contribution in [2.45, 2.75) is 11.1 Å². The molecule has 0 aliphatic heterocycles. The van der Waals surface area contributed by atoms with E-state index in [1.54, 1.807) is 41.5 Å². The number of carbonyl (C=O) groups excluding carboxylic acids is 1. The summed E-state index contributed by atoms with van der Waals surface area (Å²) < 4.78 is 22.0. The average Bonchev–Trinajstić information content (AvgIpc) is 3.11. The first-order valence-corrected chi connectivity index (χ1v) is 8.64. The van der Waals surface area contributed by atoms with Crippen LogP contribution in [0.25, 0.3) is 10.9 Å². The molecule has 0 bridgehead atoms. The van der Waals surface area contributed by atoms with Crippen molar-refractivity contribution in [3.63, 3.8) is 0 Å². The maximum Gasteiger partial charge on any atom is 0.272 e. The highest BCUT2D eigenvalue weighted by molar-refractivity contribution is 8.00. The van der Waals surface area contributed by atoms with Crippen LogP contribution >= 0.6 is 23.1 Å². The van der Waals surface area contributed by atoms with Crippen molar-refractivity contribution in [1.29, 1.82) is 0 Å². The zero-order valence-corrected chi connectivity index (χ0v) is 14.0. The van der Waals surface area contributed by atoms with Crippen molar-refractivity contribution < 1.29 is 13.9 Å². The van der Waals surface area contributed by atoms with E-state index in [1.807, 2.05) is 18.4 Å². The highest BCUT2D eigenvalue weighted by atomic mass is 32.2. The third-order valence-corrected chi connectivity index (χ3v) is 5.64. The predicted molar refractivity (Wildman–Crippen MR) is 89.0 cm³/mol. The van der Waals surface area contributed by atoms with Crippen molar-refractivity contribution in [3.8, 4) is 5.75 Å². The van der Waals surface area contributed by atoms with E-state index in [0.29, 0.717) is 21.5 Å². The molecule has 0 atom stereocenters. The zero-order valence-electron chi connectivity index (χ0n) is 12.3. The van der Waals surface area contributed by atoms with Gasteiger partial charge in [0.05, 0.1) is 21.7 Å². The van der Waals surface area contributed by atoms with Crippen LogP contribution in [0.1, 0.15) is 15.4 Å². The van der Waals surface area contributed by atoms with Crippen LogP contribution in [-0.2, 0) is 0 Å². The smallest absolute Gasteiger partial charge is 0.272 e. The van der Waals surface area contributed by atoms with Crippen molar-refractivity contribution in [2.24, 2.45) is 0 Å². The van der Waals surface area contributed by atoms with Crippen molar-refractivity contribution in [2.75, 3.05) is 13.4 Å². The fourth-order valence-electron chi connectivity index (χ4n) is 2.44. The van der Waals surface area contributed by atoms with Crippen LogP contribution in [0.5, 0.6) is 5.75 Å². The number of methoxy groups -OCH3 is 1. The summed E-state index contributed by atoms with van der Waals surface area (Å²) in [6.45, 7) is 1.80. The molecular weight excluding hydrogens is 321 g/mol. The van der Waals surface area contributed by atoms with E-state index in [0.717, 1.165) is 4.21 Å². The SMILES string of the molecule is COc1ccc2c(cc(C)n2C(=O)c2ccc(SC)s2)c1F. The summed E-state index contributed by atoms with van der Waals surface area (Å²) in [5.74, 6) is -0.397. The average molecular weight is 335 g/mol. The molecule has 0 aliphatic carbocycles. The summed E-state index contributed by atoms with van der Waals surface area (Å²) >= 11 is 3.04. The fraction of sp³-hybridized carbons (Fsp3) is 0.188. The Hall–Kier alpha value is -1.79. The van der Waals surface area contributed by atoms with E-state index in [-0.39, 0.29) is 11.7 Å². The Morgan fingerprint density at radius 3 is 2.73 bits per heavy atom. The lowest BCUT2D eigenvalue weighted by molar-refractivity contribution is 0.0967. The minimum absolute atomic E-state index is 0.137. The number of halogens is 1. The molecule has 2 heterocycles. The monoisotopic (exact) mass is 335 g/mol. The van der Waals surface area contributed by atoms with E-state index < -0.39 is 5.82 Å². The third-order valence-electron chi connectivity index (χ3n) is 3.48. The fourth-order valence-corrected chi connectivity index (χ4v) is 3.91. The largest absolute Gasteiger partial charge is 0.494 e. The molecule has 0 spiro atoms. The quantitative estimate of drug-likeness (QED) is 0.657. The van der Waals surface area contributed by atoms with Gasteiger partial charge in [0.25, 0.3) is 5.91 Å². The molecule has 22 heavy (non-hydrogen) atoms. The number of hydrogen-bond donors (Lipinski definition) is 0. The van der Waals surface area contributed by atoms with Gasteiger partial charge >= 0.3 is 0 Å². The molecule has 1 aromatic carbocycles. The third kappa shape index (κ3) is 2.32. The van der Waals surface area contributed by atoms with E-state index in [4.69, 9.17) is 4.74 Å². The van der Waals surface area contributed by atoms with Gasteiger partial charge in [-0.15, -0.1) is 23.1 Å². The van der Waals surface area contributed by atoms with Crippen LogP contribution in [0.3, 0.4) is 0 Å². The van der Waals surface area contributed by atoms with Gasteiger partial charge in [-0.1, -0.05) is 0 Å². The Bertz CT molecular complexity index is 867. The number of ether oxygens (including phenoxy) is 1. The van der Waals surface area contributed by atoms with Gasteiger partial charge in [-0.05, 0) is 43.5 Å². The number of benzene rings is 1. The minimum Gasteiger partial charge on any atom is -0.494 e. The standard InChI is InChI=1S/C16H14FNO2S2/c1-9-8-10-11(4-5-12(20-2)15(10)17)18(9)16(19)13-6-7-14(21-3)22-13/h4-8H,1-3H3. The highest BCUT2D eigenvalue weighted by Crippen LogP contribution is 2.31. The van der Waals surface area contributed by atoms with Crippen LogP contribution in [0.2, 0.25) is 0 Å². The molecule has 3 rings (SSSR count). The summed E-state index contributed by atoms with van der Waals surface area (Å²) in [6.07, 6.45) is 1.97. The number of nitrogens with zero attached hydrogens (tertiary/aromatic N) is 1. The summed E-state index contributed by atoms with van der Waals surface area (Å²) in [4.78, 5) is 13.4. The second-order valence-corrected chi connectivity index (χ2v) is 6.95. The lowest BCUT2D eigenvalue weighted by Crippen LogP contribution is -2.11. The molecule has 0 amide bonds. The lowest BCUT2D eigenvalue weighted by atomic mass is 10.2. The number of aromatic nitrogens is 1. The van der Waals surface area contributed by atoms with Gasteiger partial charge in [0, 0.05) is 11.1 Å². The highest BCUT2D eigenvalue weighted by Gasteiger charge is 2.19. The summed E-state index contributed by atoms with van der Waals surface area (Å²) in [5.41, 5.74) is 1.26. The topological polar surface area (TPSA) is 31.2 Å². The van der Waals surface area contributed by atoms with Crippen LogP contribution < -0.4 is 4.74 Å². The zero-order chi connectivity index (χ0) is 15.9. The Morgan fingerprint density at radius 2 is 2.09 bits per heavy atom. The number of thiophene rings is 1. The number of carbonyl (C=O) groups is 1. The van der Waals surface area contributed by atoms with E-state index in [2.05, 4.69) is 0 Å². The lowest BCUT2D eigenvalue weighted by Gasteiger charge is -2.06. The van der Waals surface area contributed by atoms with Crippen molar-refractivity contribution in [1.82, 2.24) is 4.57 Å². The van der Waals surface area contributed by atoms with Crippen LogP contribution in [-0.4, -0.2) is 23.8 Å². The van der Waals surface area contributed by atoms with Gasteiger partial charge < -0.3 is 4.74 Å². The molecule has 0 fully saturated rings. The molecule has 6 heteroatoms. The maximum absolute atomic E-state index is 14.3. The Labute approximate surface area is 135 Å². The van der Waals surface area contributed by atoms with Crippen LogP contribution in [0.15, 0.2) is 34.5 Å². The Kier molecular flexibility index (Phi) is 3.97. The molecule has 0 saturated carbocycles. The van der Waals surface area contributed by atoms with Crippen molar-refractivity contribution in [3.05, 3.63) is 46.7 Å². The second kappa shape index (κ2) is 5.78. The molecule has 2 aromatic heterocycles. The van der Waals surface area contributed by atoms with E-state index >= 15 is 0 Å². The normalized spacial score (nSPS) is 11.1. The first-order valence-electron chi connectivity index (χ1n) is 6.60. The Morgan fingerprint density at radius 1 is 1.32 bits per heavy atom. The number of hydrogen-bond acceptors (Lipinski definition) is 4. The second-order valence-electron chi connectivity index (χ2n) is 4.76. The van der Waals surface area contributed by atoms with Gasteiger partial charge in [-0.25, -0.2) is 4.39 Å². The number of thioether (sulfide) groups is 1. The molecule has 114 valence electrons. The number of aryl methyl sites for hydroxylation is 1. The minimum atomic E-state index is -0.439. The van der Waals surface area contributed by atoms with E-state index in [9.17, 15) is 9.18 Å². The number of fused-ring (bicyclic) bond motifs is 1. The molecule has 0 N–H and O–H groups in total. The van der Waals surface area contributed by atoms with Gasteiger partial charge in [0.2, 0.25) is 0 Å². The summed E-state index contributed by atoms with van der Waals surface area (Å²) in [6, 6.07) is 8.67. The van der Waals surface area contributed by atoms with Crippen LogP contribution in [0, 0.1) is 12.7 Å². The first kappa shape index (κ1) is 15.1. The molecule has 3 nitrogen and oxygen atoms in total. The van der Waals surface area contributed by atoms with Gasteiger partial charge in [-0.3, -0.25) is 9.36 Å². The molecule has 0 radical (unpaired) electrons.